The van der Waals surface area contributed by atoms with Crippen LogP contribution in [0, 0.1) is 11.3 Å². The van der Waals surface area contributed by atoms with Gasteiger partial charge in [0.25, 0.3) is 0 Å². The number of hydrogen-bond donors (Lipinski definition) is 1. The molecule has 0 aromatic heterocycles. The van der Waals surface area contributed by atoms with Crippen molar-refractivity contribution < 1.29 is 5.11 Å². The first-order chi connectivity index (χ1) is 6.51. The summed E-state index contributed by atoms with van der Waals surface area (Å²) in [7, 11) is 0. The van der Waals surface area contributed by atoms with Crippen LogP contribution in [0.5, 0.6) is 0 Å². The van der Waals surface area contributed by atoms with Crippen molar-refractivity contribution in [1.82, 2.24) is 0 Å². The molecule has 14 heavy (non-hydrogen) atoms. The molecule has 0 aliphatic rings. The van der Waals surface area contributed by atoms with Crippen LogP contribution in [0.15, 0.2) is 0 Å². The predicted molar refractivity (Wildman–Crippen MR) is 63.4 cm³/mol. The predicted octanol–water partition coefficient (Wildman–Crippen LogP) is 4.00. The Labute approximate surface area is 89.9 Å². The average Bonchev–Trinajstić information content (AvgIpc) is 2.23. The summed E-state index contributed by atoms with van der Waals surface area (Å²) in [5.41, 5.74) is 0.118. The molecule has 0 aromatic carbocycles. The molecule has 0 rings (SSSR count). The molecule has 0 fully saturated rings. The van der Waals surface area contributed by atoms with E-state index in [4.69, 9.17) is 0 Å². The second-order valence-corrected chi connectivity index (χ2v) is 4.93. The molecule has 0 bridgehead atoms. The lowest BCUT2D eigenvalue weighted by Gasteiger charge is -2.36. The second-order valence-electron chi connectivity index (χ2n) is 4.93. The van der Waals surface area contributed by atoms with Crippen LogP contribution in [0.4, 0.5) is 0 Å². The maximum absolute atomic E-state index is 10.3. The number of aliphatic hydroxyl groups excluding tert-OH is 1. The third kappa shape index (κ3) is 3.61. The lowest BCUT2D eigenvalue weighted by atomic mass is 9.73. The van der Waals surface area contributed by atoms with Gasteiger partial charge in [0.15, 0.2) is 0 Å². The van der Waals surface area contributed by atoms with E-state index in [1.165, 1.54) is 12.8 Å². The second kappa shape index (κ2) is 6.44. The summed E-state index contributed by atoms with van der Waals surface area (Å²) in [5, 5.41) is 10.3. The molecule has 0 saturated carbocycles. The van der Waals surface area contributed by atoms with Crippen LogP contribution < -0.4 is 0 Å². The zero-order valence-electron chi connectivity index (χ0n) is 10.6. The summed E-state index contributed by atoms with van der Waals surface area (Å²) in [6.45, 7) is 11.0. The van der Waals surface area contributed by atoms with Crippen molar-refractivity contribution >= 4 is 0 Å². The third-order valence-electron chi connectivity index (χ3n) is 3.88. The molecule has 2 atom stereocenters. The summed E-state index contributed by atoms with van der Waals surface area (Å²) >= 11 is 0. The van der Waals surface area contributed by atoms with E-state index in [0.717, 1.165) is 19.3 Å². The van der Waals surface area contributed by atoms with E-state index >= 15 is 0 Å². The first-order valence-corrected chi connectivity index (χ1v) is 6.19. The van der Waals surface area contributed by atoms with Gasteiger partial charge >= 0.3 is 0 Å². The first-order valence-electron chi connectivity index (χ1n) is 6.19. The van der Waals surface area contributed by atoms with Crippen LogP contribution in [0.25, 0.3) is 0 Å². The van der Waals surface area contributed by atoms with Crippen molar-refractivity contribution in [2.45, 2.75) is 72.8 Å². The van der Waals surface area contributed by atoms with Gasteiger partial charge in [-0.05, 0) is 30.6 Å². The number of rotatable bonds is 7. The molecular weight excluding hydrogens is 172 g/mol. The molecule has 1 N–H and O–H groups in total. The zero-order chi connectivity index (χ0) is 11.2. The number of hydrogen-bond acceptors (Lipinski definition) is 1. The Balaban J connectivity index is 4.19. The van der Waals surface area contributed by atoms with Gasteiger partial charge < -0.3 is 5.11 Å². The minimum absolute atomic E-state index is 0.118. The number of unbranched alkanes of at least 4 members (excludes halogenated alkanes) is 1. The van der Waals surface area contributed by atoms with Crippen molar-refractivity contribution in [2.75, 3.05) is 0 Å². The molecule has 2 unspecified atom stereocenters. The molecule has 0 radical (unpaired) electrons. The topological polar surface area (TPSA) is 20.2 Å². The lowest BCUT2D eigenvalue weighted by Crippen LogP contribution is -2.36. The molecule has 1 nitrogen and oxygen atoms in total. The summed E-state index contributed by atoms with van der Waals surface area (Å²) in [5.74, 6) is 0.444. The highest BCUT2D eigenvalue weighted by atomic mass is 16.3. The van der Waals surface area contributed by atoms with Gasteiger partial charge in [0.2, 0.25) is 0 Å². The number of aliphatic hydroxyl groups is 1. The van der Waals surface area contributed by atoms with Gasteiger partial charge in [-0.25, -0.2) is 0 Å². The first kappa shape index (κ1) is 14.0. The van der Waals surface area contributed by atoms with E-state index in [2.05, 4.69) is 34.6 Å². The van der Waals surface area contributed by atoms with Gasteiger partial charge in [0.1, 0.15) is 0 Å². The largest absolute Gasteiger partial charge is 0.392 e. The molecule has 0 spiro atoms. The molecule has 0 aliphatic heterocycles. The molecule has 86 valence electrons. The lowest BCUT2D eigenvalue weighted by molar-refractivity contribution is -0.0118. The summed E-state index contributed by atoms with van der Waals surface area (Å²) < 4.78 is 0. The van der Waals surface area contributed by atoms with Crippen molar-refractivity contribution in [3.05, 3.63) is 0 Å². The molecular formula is C13H28O. The van der Waals surface area contributed by atoms with Gasteiger partial charge in [-0.1, -0.05) is 47.5 Å². The highest BCUT2D eigenvalue weighted by Crippen LogP contribution is 2.35. The minimum Gasteiger partial charge on any atom is -0.392 e. The molecule has 0 saturated heterocycles. The Bertz CT molecular complexity index is 138. The summed E-state index contributed by atoms with van der Waals surface area (Å²) in [4.78, 5) is 0. The molecule has 1 heteroatoms. The van der Waals surface area contributed by atoms with E-state index in [0.29, 0.717) is 5.92 Å². The van der Waals surface area contributed by atoms with Gasteiger partial charge in [-0.2, -0.15) is 0 Å². The van der Waals surface area contributed by atoms with E-state index in [1.807, 2.05) is 0 Å². The Morgan fingerprint density at radius 1 is 1.14 bits per heavy atom. The zero-order valence-corrected chi connectivity index (χ0v) is 10.6. The van der Waals surface area contributed by atoms with Crippen LogP contribution in [0.3, 0.4) is 0 Å². The fraction of sp³-hybridized carbons (Fsp3) is 1.00. The standard InChI is InChI=1S/C13H28O/c1-6-9-10-11(4)12(14)13(5,7-2)8-3/h11-12,14H,6-10H2,1-5H3. The van der Waals surface area contributed by atoms with E-state index in [-0.39, 0.29) is 11.5 Å². The quantitative estimate of drug-likeness (QED) is 0.658. The molecule has 0 amide bonds. The van der Waals surface area contributed by atoms with Crippen LogP contribution >= 0.6 is 0 Å². The van der Waals surface area contributed by atoms with Crippen LogP contribution in [0.2, 0.25) is 0 Å². The van der Waals surface area contributed by atoms with Gasteiger partial charge in [-0.3, -0.25) is 0 Å². The Morgan fingerprint density at radius 2 is 1.64 bits per heavy atom. The van der Waals surface area contributed by atoms with Crippen LogP contribution in [-0.2, 0) is 0 Å². The van der Waals surface area contributed by atoms with Gasteiger partial charge in [0, 0.05) is 0 Å². The summed E-state index contributed by atoms with van der Waals surface area (Å²) in [6, 6.07) is 0. The van der Waals surface area contributed by atoms with E-state index < -0.39 is 0 Å². The average molecular weight is 200 g/mol. The molecule has 0 aliphatic carbocycles. The van der Waals surface area contributed by atoms with Crippen molar-refractivity contribution in [3.8, 4) is 0 Å². The SMILES string of the molecule is CCCCC(C)C(O)C(C)(CC)CC. The highest BCUT2D eigenvalue weighted by molar-refractivity contribution is 4.83. The summed E-state index contributed by atoms with van der Waals surface area (Å²) in [6.07, 6.45) is 5.63. The highest BCUT2D eigenvalue weighted by Gasteiger charge is 2.32. The smallest absolute Gasteiger partial charge is 0.0619 e. The fourth-order valence-electron chi connectivity index (χ4n) is 2.04. The van der Waals surface area contributed by atoms with Crippen LogP contribution in [0.1, 0.15) is 66.7 Å². The molecule has 0 heterocycles. The Morgan fingerprint density at radius 3 is 2.00 bits per heavy atom. The van der Waals surface area contributed by atoms with Gasteiger partial charge in [-0.15, -0.1) is 0 Å². The Kier molecular flexibility index (Phi) is 6.43. The Hall–Kier alpha value is -0.0400. The minimum atomic E-state index is -0.135. The normalized spacial score (nSPS) is 16.7. The third-order valence-corrected chi connectivity index (χ3v) is 3.88. The molecule has 0 aromatic rings. The van der Waals surface area contributed by atoms with Crippen molar-refractivity contribution in [1.29, 1.82) is 0 Å². The van der Waals surface area contributed by atoms with Crippen molar-refractivity contribution in [2.24, 2.45) is 11.3 Å². The fourth-order valence-corrected chi connectivity index (χ4v) is 2.04. The van der Waals surface area contributed by atoms with Gasteiger partial charge in [0.05, 0.1) is 6.10 Å². The van der Waals surface area contributed by atoms with Crippen molar-refractivity contribution in [3.63, 3.8) is 0 Å². The maximum atomic E-state index is 10.3. The monoisotopic (exact) mass is 200 g/mol. The van der Waals surface area contributed by atoms with E-state index in [1.54, 1.807) is 0 Å². The van der Waals surface area contributed by atoms with Crippen LogP contribution in [-0.4, -0.2) is 11.2 Å². The van der Waals surface area contributed by atoms with E-state index in [9.17, 15) is 5.11 Å². The maximum Gasteiger partial charge on any atom is 0.0619 e.